The Bertz CT molecular complexity index is 269. The summed E-state index contributed by atoms with van der Waals surface area (Å²) in [6, 6.07) is 0.537. The second-order valence-corrected chi connectivity index (χ2v) is 6.28. The van der Waals surface area contributed by atoms with Crippen LogP contribution < -0.4 is 5.32 Å². The fourth-order valence-corrected chi connectivity index (χ4v) is 3.10. The van der Waals surface area contributed by atoms with Crippen LogP contribution in [0.1, 0.15) is 58.8 Å². The Morgan fingerprint density at radius 3 is 2.47 bits per heavy atom. The van der Waals surface area contributed by atoms with Crippen LogP contribution in [0.4, 0.5) is 4.79 Å². The monoisotopic (exact) mass is 238 g/mol. The van der Waals surface area contributed by atoms with Crippen LogP contribution >= 0.6 is 0 Å². The van der Waals surface area contributed by atoms with Gasteiger partial charge in [0.25, 0.3) is 0 Å². The van der Waals surface area contributed by atoms with Crippen LogP contribution in [-0.4, -0.2) is 30.1 Å². The standard InChI is InChI=1S/C14H26N2O/c1-14(2)9-5-4-8-12(14)15-13(17)16-10-6-3-7-11-16/h12H,3-11H2,1-2H3,(H,15,17). The minimum absolute atomic E-state index is 0.171. The van der Waals surface area contributed by atoms with Gasteiger partial charge in [0.1, 0.15) is 0 Å². The number of likely N-dealkylation sites (tertiary alicyclic amines) is 1. The lowest BCUT2D eigenvalue weighted by molar-refractivity contribution is 0.143. The minimum atomic E-state index is 0.171. The van der Waals surface area contributed by atoms with Gasteiger partial charge in [0, 0.05) is 19.1 Å². The van der Waals surface area contributed by atoms with Crippen molar-refractivity contribution in [3.05, 3.63) is 0 Å². The van der Waals surface area contributed by atoms with E-state index >= 15 is 0 Å². The van der Waals surface area contributed by atoms with Crippen LogP contribution in [0.2, 0.25) is 0 Å². The quantitative estimate of drug-likeness (QED) is 0.748. The van der Waals surface area contributed by atoms with Crippen molar-refractivity contribution >= 4 is 6.03 Å². The Balaban J connectivity index is 1.88. The molecule has 1 heterocycles. The van der Waals surface area contributed by atoms with Gasteiger partial charge in [0.2, 0.25) is 0 Å². The molecule has 1 atom stereocenters. The number of hydrogen-bond acceptors (Lipinski definition) is 1. The molecule has 0 spiro atoms. The number of urea groups is 1. The van der Waals surface area contributed by atoms with Gasteiger partial charge in [0.15, 0.2) is 0 Å². The molecule has 2 rings (SSSR count). The van der Waals surface area contributed by atoms with Crippen molar-refractivity contribution in [3.63, 3.8) is 0 Å². The number of carbonyl (C=O) groups is 1. The zero-order valence-corrected chi connectivity index (χ0v) is 11.3. The van der Waals surface area contributed by atoms with Gasteiger partial charge in [0.05, 0.1) is 0 Å². The first kappa shape index (κ1) is 12.7. The Morgan fingerprint density at radius 1 is 1.12 bits per heavy atom. The summed E-state index contributed by atoms with van der Waals surface area (Å²) in [4.78, 5) is 14.2. The molecule has 0 aromatic heterocycles. The molecule has 0 radical (unpaired) electrons. The SMILES string of the molecule is CC1(C)CCCCC1NC(=O)N1CCCCC1. The zero-order chi connectivity index (χ0) is 12.3. The number of hydrogen-bond donors (Lipinski definition) is 1. The molecule has 0 bridgehead atoms. The third kappa shape index (κ3) is 3.14. The molecule has 0 aromatic carbocycles. The van der Waals surface area contributed by atoms with Crippen molar-refractivity contribution < 1.29 is 4.79 Å². The maximum absolute atomic E-state index is 12.2. The molecule has 3 nitrogen and oxygen atoms in total. The van der Waals surface area contributed by atoms with E-state index < -0.39 is 0 Å². The van der Waals surface area contributed by atoms with E-state index in [2.05, 4.69) is 19.2 Å². The summed E-state index contributed by atoms with van der Waals surface area (Å²) in [6.45, 7) is 6.46. The second kappa shape index (κ2) is 5.28. The van der Waals surface area contributed by atoms with E-state index in [9.17, 15) is 4.79 Å². The number of carbonyl (C=O) groups excluding carboxylic acids is 1. The van der Waals surface area contributed by atoms with Gasteiger partial charge < -0.3 is 10.2 Å². The summed E-state index contributed by atoms with van der Waals surface area (Å²) in [5.41, 5.74) is 0.268. The molecular formula is C14H26N2O. The van der Waals surface area contributed by atoms with E-state index in [0.717, 1.165) is 19.5 Å². The van der Waals surface area contributed by atoms with Crippen molar-refractivity contribution in [1.82, 2.24) is 10.2 Å². The lowest BCUT2D eigenvalue weighted by Gasteiger charge is -2.40. The van der Waals surface area contributed by atoms with E-state index in [0.29, 0.717) is 6.04 Å². The Morgan fingerprint density at radius 2 is 1.82 bits per heavy atom. The molecule has 1 N–H and O–H groups in total. The number of nitrogens with zero attached hydrogens (tertiary/aromatic N) is 1. The molecule has 98 valence electrons. The van der Waals surface area contributed by atoms with Crippen LogP contribution in [0.5, 0.6) is 0 Å². The minimum Gasteiger partial charge on any atom is -0.335 e. The predicted molar refractivity (Wildman–Crippen MR) is 70.0 cm³/mol. The second-order valence-electron chi connectivity index (χ2n) is 6.28. The fourth-order valence-electron chi connectivity index (χ4n) is 3.10. The lowest BCUT2D eigenvalue weighted by atomic mass is 9.73. The van der Waals surface area contributed by atoms with Crippen molar-refractivity contribution in [1.29, 1.82) is 0 Å². The Labute approximate surface area is 105 Å². The lowest BCUT2D eigenvalue weighted by Crippen LogP contribution is -2.52. The topological polar surface area (TPSA) is 32.3 Å². The van der Waals surface area contributed by atoms with Gasteiger partial charge in [-0.2, -0.15) is 0 Å². The van der Waals surface area contributed by atoms with E-state index in [1.807, 2.05) is 4.90 Å². The van der Waals surface area contributed by atoms with Crippen molar-refractivity contribution in [2.24, 2.45) is 5.41 Å². The fraction of sp³-hybridized carbons (Fsp3) is 0.929. The van der Waals surface area contributed by atoms with Crippen LogP contribution in [0, 0.1) is 5.41 Å². The predicted octanol–water partition coefficient (Wildman–Crippen LogP) is 3.15. The molecule has 1 saturated heterocycles. The van der Waals surface area contributed by atoms with Gasteiger partial charge in [-0.1, -0.05) is 26.7 Å². The number of nitrogens with one attached hydrogen (secondary N) is 1. The Kier molecular flexibility index (Phi) is 3.95. The number of amides is 2. The van der Waals surface area contributed by atoms with Crippen molar-refractivity contribution in [3.8, 4) is 0 Å². The van der Waals surface area contributed by atoms with E-state index in [-0.39, 0.29) is 11.4 Å². The number of piperidine rings is 1. The zero-order valence-electron chi connectivity index (χ0n) is 11.3. The van der Waals surface area contributed by atoms with Gasteiger partial charge in [-0.05, 0) is 37.5 Å². The average molecular weight is 238 g/mol. The molecule has 1 aliphatic heterocycles. The molecule has 2 amide bonds. The molecular weight excluding hydrogens is 212 g/mol. The highest BCUT2D eigenvalue weighted by molar-refractivity contribution is 5.74. The molecule has 1 aliphatic carbocycles. The molecule has 2 aliphatic rings. The first-order valence-electron chi connectivity index (χ1n) is 7.15. The van der Waals surface area contributed by atoms with Crippen LogP contribution in [-0.2, 0) is 0 Å². The van der Waals surface area contributed by atoms with Crippen LogP contribution in [0.3, 0.4) is 0 Å². The average Bonchev–Trinajstić information content (AvgIpc) is 2.33. The summed E-state index contributed by atoms with van der Waals surface area (Å²) < 4.78 is 0. The summed E-state index contributed by atoms with van der Waals surface area (Å²) in [7, 11) is 0. The molecule has 17 heavy (non-hydrogen) atoms. The Hall–Kier alpha value is -0.730. The molecule has 1 saturated carbocycles. The normalized spacial score (nSPS) is 28.8. The number of rotatable bonds is 1. The van der Waals surface area contributed by atoms with Gasteiger partial charge in [-0.25, -0.2) is 4.79 Å². The van der Waals surface area contributed by atoms with Gasteiger partial charge in [-0.3, -0.25) is 0 Å². The summed E-state index contributed by atoms with van der Waals surface area (Å²) in [5, 5.41) is 3.27. The smallest absolute Gasteiger partial charge is 0.317 e. The molecule has 1 unspecified atom stereocenters. The van der Waals surface area contributed by atoms with Gasteiger partial charge in [-0.15, -0.1) is 0 Å². The first-order valence-corrected chi connectivity index (χ1v) is 7.15. The highest BCUT2D eigenvalue weighted by Crippen LogP contribution is 2.35. The maximum atomic E-state index is 12.2. The van der Waals surface area contributed by atoms with E-state index in [1.165, 1.54) is 38.5 Å². The van der Waals surface area contributed by atoms with Crippen molar-refractivity contribution in [2.45, 2.75) is 64.8 Å². The van der Waals surface area contributed by atoms with E-state index in [1.54, 1.807) is 0 Å². The third-order valence-corrected chi connectivity index (χ3v) is 4.45. The highest BCUT2D eigenvalue weighted by Gasteiger charge is 2.34. The van der Waals surface area contributed by atoms with E-state index in [4.69, 9.17) is 0 Å². The summed E-state index contributed by atoms with van der Waals surface area (Å²) in [5.74, 6) is 0. The molecule has 3 heteroatoms. The van der Waals surface area contributed by atoms with Gasteiger partial charge >= 0.3 is 6.03 Å². The molecule has 2 fully saturated rings. The maximum Gasteiger partial charge on any atom is 0.317 e. The third-order valence-electron chi connectivity index (χ3n) is 4.45. The summed E-state index contributed by atoms with van der Waals surface area (Å²) in [6.07, 6.45) is 8.56. The largest absolute Gasteiger partial charge is 0.335 e. The van der Waals surface area contributed by atoms with Crippen molar-refractivity contribution in [2.75, 3.05) is 13.1 Å². The van der Waals surface area contributed by atoms with Crippen LogP contribution in [0.15, 0.2) is 0 Å². The van der Waals surface area contributed by atoms with Crippen LogP contribution in [0.25, 0.3) is 0 Å². The first-order chi connectivity index (χ1) is 8.09. The molecule has 0 aromatic rings. The highest BCUT2D eigenvalue weighted by atomic mass is 16.2. The summed E-state index contributed by atoms with van der Waals surface area (Å²) >= 11 is 0.